The van der Waals surface area contributed by atoms with Crippen LogP contribution in [0, 0.1) is 0 Å². The Labute approximate surface area is 128 Å². The van der Waals surface area contributed by atoms with Gasteiger partial charge < -0.3 is 4.90 Å². The topological polar surface area (TPSA) is 51.0 Å². The molecule has 6 heteroatoms. The molecule has 0 aliphatic carbocycles. The average Bonchev–Trinajstić information content (AvgIpc) is 2.93. The average molecular weight is 305 g/mol. The molecule has 2 aromatic rings. The molecule has 0 bridgehead atoms. The van der Waals surface area contributed by atoms with Gasteiger partial charge in [0.05, 0.1) is 10.6 Å². The number of carbonyl (C=O) groups is 1. The van der Waals surface area contributed by atoms with Crippen LogP contribution in [-0.2, 0) is 7.05 Å². The summed E-state index contributed by atoms with van der Waals surface area (Å²) in [6.07, 6.45) is 3.39. The number of halogens is 1. The third-order valence-corrected chi connectivity index (χ3v) is 4.33. The SMILES string of the molecule is Cn1ncnc1C1CCN(C(=O)c2ccccc2Cl)CC1. The molecule has 1 fully saturated rings. The molecule has 1 aromatic heterocycles. The van der Waals surface area contributed by atoms with Gasteiger partial charge in [-0.15, -0.1) is 0 Å². The number of carbonyl (C=O) groups excluding carboxylic acids is 1. The van der Waals surface area contributed by atoms with Crippen LogP contribution in [0.3, 0.4) is 0 Å². The molecule has 0 saturated carbocycles. The maximum absolute atomic E-state index is 12.5. The number of piperidine rings is 1. The second-order valence-corrected chi connectivity index (χ2v) is 5.70. The number of aromatic nitrogens is 3. The van der Waals surface area contributed by atoms with E-state index in [2.05, 4.69) is 10.1 Å². The Morgan fingerprint density at radius 3 is 2.62 bits per heavy atom. The van der Waals surface area contributed by atoms with Crippen LogP contribution in [0.1, 0.15) is 34.9 Å². The highest BCUT2D eigenvalue weighted by Gasteiger charge is 2.27. The third-order valence-electron chi connectivity index (χ3n) is 4.00. The monoisotopic (exact) mass is 304 g/mol. The molecule has 1 saturated heterocycles. The maximum Gasteiger partial charge on any atom is 0.255 e. The zero-order valence-corrected chi connectivity index (χ0v) is 12.6. The summed E-state index contributed by atoms with van der Waals surface area (Å²) in [7, 11) is 1.91. The van der Waals surface area contributed by atoms with Crippen LogP contribution in [0.25, 0.3) is 0 Å². The third kappa shape index (κ3) is 2.78. The summed E-state index contributed by atoms with van der Waals surface area (Å²) < 4.78 is 1.82. The van der Waals surface area contributed by atoms with Crippen LogP contribution in [0.2, 0.25) is 5.02 Å². The van der Waals surface area contributed by atoms with Crippen LogP contribution in [0.4, 0.5) is 0 Å². The minimum atomic E-state index is 0.0111. The first kappa shape index (κ1) is 14.1. The largest absolute Gasteiger partial charge is 0.339 e. The Bertz CT molecular complexity index is 647. The van der Waals surface area contributed by atoms with Gasteiger partial charge >= 0.3 is 0 Å². The Hall–Kier alpha value is -1.88. The van der Waals surface area contributed by atoms with Crippen LogP contribution in [-0.4, -0.2) is 38.7 Å². The fourth-order valence-corrected chi connectivity index (χ4v) is 3.04. The molecule has 0 unspecified atom stereocenters. The first-order chi connectivity index (χ1) is 10.2. The van der Waals surface area contributed by atoms with Crippen LogP contribution < -0.4 is 0 Å². The Morgan fingerprint density at radius 1 is 1.29 bits per heavy atom. The van der Waals surface area contributed by atoms with Gasteiger partial charge in [-0.05, 0) is 25.0 Å². The number of amides is 1. The van der Waals surface area contributed by atoms with Gasteiger partial charge in [-0.1, -0.05) is 23.7 Å². The summed E-state index contributed by atoms with van der Waals surface area (Å²) in [4.78, 5) is 18.7. The fraction of sp³-hybridized carbons (Fsp3) is 0.400. The molecule has 2 heterocycles. The molecule has 0 radical (unpaired) electrons. The van der Waals surface area contributed by atoms with Crippen molar-refractivity contribution in [2.75, 3.05) is 13.1 Å². The lowest BCUT2D eigenvalue weighted by molar-refractivity contribution is 0.0710. The Kier molecular flexibility index (Phi) is 3.92. The van der Waals surface area contributed by atoms with Crippen LogP contribution >= 0.6 is 11.6 Å². The predicted octanol–water partition coefficient (Wildman–Crippen LogP) is 2.49. The van der Waals surface area contributed by atoms with Gasteiger partial charge in [-0.25, -0.2) is 4.98 Å². The van der Waals surface area contributed by atoms with Crippen molar-refractivity contribution >= 4 is 17.5 Å². The second kappa shape index (κ2) is 5.85. The second-order valence-electron chi connectivity index (χ2n) is 5.29. The lowest BCUT2D eigenvalue weighted by Gasteiger charge is -2.31. The lowest BCUT2D eigenvalue weighted by atomic mass is 9.95. The van der Waals surface area contributed by atoms with Crippen molar-refractivity contribution in [1.82, 2.24) is 19.7 Å². The van der Waals surface area contributed by atoms with Crippen molar-refractivity contribution in [2.45, 2.75) is 18.8 Å². The number of likely N-dealkylation sites (tertiary alicyclic amines) is 1. The van der Waals surface area contributed by atoms with E-state index in [4.69, 9.17) is 11.6 Å². The van der Waals surface area contributed by atoms with E-state index < -0.39 is 0 Å². The van der Waals surface area contributed by atoms with E-state index in [0.717, 1.165) is 31.8 Å². The van der Waals surface area contributed by atoms with Crippen molar-refractivity contribution < 1.29 is 4.79 Å². The van der Waals surface area contributed by atoms with Gasteiger partial charge in [-0.3, -0.25) is 9.48 Å². The minimum absolute atomic E-state index is 0.0111. The van der Waals surface area contributed by atoms with E-state index in [1.165, 1.54) is 0 Å². The van der Waals surface area contributed by atoms with Gasteiger partial charge in [0.2, 0.25) is 0 Å². The van der Waals surface area contributed by atoms with Crippen molar-refractivity contribution in [3.05, 3.63) is 47.0 Å². The quantitative estimate of drug-likeness (QED) is 0.856. The molecule has 0 atom stereocenters. The molecular weight excluding hydrogens is 288 g/mol. The zero-order chi connectivity index (χ0) is 14.8. The zero-order valence-electron chi connectivity index (χ0n) is 11.9. The van der Waals surface area contributed by atoms with Crippen LogP contribution in [0.5, 0.6) is 0 Å². The number of aryl methyl sites for hydroxylation is 1. The predicted molar refractivity (Wildman–Crippen MR) is 80.3 cm³/mol. The smallest absolute Gasteiger partial charge is 0.255 e. The van der Waals surface area contributed by atoms with Gasteiger partial charge in [-0.2, -0.15) is 5.10 Å². The molecule has 21 heavy (non-hydrogen) atoms. The standard InChI is InChI=1S/C15H17ClN4O/c1-19-14(17-10-18-19)11-6-8-20(9-7-11)15(21)12-4-2-3-5-13(12)16/h2-5,10-11H,6-9H2,1H3. The number of nitrogens with zero attached hydrogens (tertiary/aromatic N) is 4. The lowest BCUT2D eigenvalue weighted by Crippen LogP contribution is -2.38. The van der Waals surface area contributed by atoms with E-state index in [1.54, 1.807) is 18.5 Å². The maximum atomic E-state index is 12.5. The van der Waals surface area contributed by atoms with Crippen molar-refractivity contribution in [2.24, 2.45) is 7.05 Å². The fourth-order valence-electron chi connectivity index (χ4n) is 2.82. The van der Waals surface area contributed by atoms with Crippen molar-refractivity contribution in [3.63, 3.8) is 0 Å². The van der Waals surface area contributed by atoms with Gasteiger partial charge in [0.15, 0.2) is 0 Å². The molecule has 3 rings (SSSR count). The molecule has 110 valence electrons. The molecule has 0 spiro atoms. The summed E-state index contributed by atoms with van der Waals surface area (Å²) in [6, 6.07) is 7.20. The molecule has 5 nitrogen and oxygen atoms in total. The highest BCUT2D eigenvalue weighted by atomic mass is 35.5. The Balaban J connectivity index is 1.67. The van der Waals surface area contributed by atoms with E-state index in [1.807, 2.05) is 28.8 Å². The molecule has 1 amide bonds. The Morgan fingerprint density at radius 2 is 2.00 bits per heavy atom. The number of benzene rings is 1. The summed E-state index contributed by atoms with van der Waals surface area (Å²) in [5, 5.41) is 4.62. The summed E-state index contributed by atoms with van der Waals surface area (Å²) in [5.41, 5.74) is 0.580. The van der Waals surface area contributed by atoms with Crippen molar-refractivity contribution in [1.29, 1.82) is 0 Å². The molecular formula is C15H17ClN4O. The molecule has 1 aromatic carbocycles. The highest BCUT2D eigenvalue weighted by Crippen LogP contribution is 2.27. The summed E-state index contributed by atoms with van der Waals surface area (Å²) in [6.45, 7) is 1.45. The highest BCUT2D eigenvalue weighted by molar-refractivity contribution is 6.33. The first-order valence-electron chi connectivity index (χ1n) is 7.04. The van der Waals surface area contributed by atoms with Gasteiger partial charge in [0.25, 0.3) is 5.91 Å². The van der Waals surface area contributed by atoms with E-state index in [-0.39, 0.29) is 5.91 Å². The van der Waals surface area contributed by atoms with E-state index in [0.29, 0.717) is 16.5 Å². The minimum Gasteiger partial charge on any atom is -0.339 e. The van der Waals surface area contributed by atoms with Crippen LogP contribution in [0.15, 0.2) is 30.6 Å². The normalized spacial score (nSPS) is 16.2. The molecule has 1 aliphatic rings. The summed E-state index contributed by atoms with van der Waals surface area (Å²) in [5.74, 6) is 1.38. The number of hydrogen-bond acceptors (Lipinski definition) is 3. The summed E-state index contributed by atoms with van der Waals surface area (Å²) >= 11 is 6.10. The molecule has 1 aliphatic heterocycles. The number of rotatable bonds is 2. The number of hydrogen-bond donors (Lipinski definition) is 0. The van der Waals surface area contributed by atoms with Crippen molar-refractivity contribution in [3.8, 4) is 0 Å². The van der Waals surface area contributed by atoms with E-state index >= 15 is 0 Å². The van der Waals surface area contributed by atoms with Gasteiger partial charge in [0, 0.05) is 26.1 Å². The first-order valence-corrected chi connectivity index (χ1v) is 7.42. The molecule has 0 N–H and O–H groups in total. The van der Waals surface area contributed by atoms with Gasteiger partial charge in [0.1, 0.15) is 12.2 Å². The van der Waals surface area contributed by atoms with E-state index in [9.17, 15) is 4.79 Å².